The third-order valence-corrected chi connectivity index (χ3v) is 5.46. The van der Waals surface area contributed by atoms with Crippen molar-refractivity contribution in [2.45, 2.75) is 89.1 Å². The van der Waals surface area contributed by atoms with Crippen molar-refractivity contribution in [3.8, 4) is 0 Å². The topological polar surface area (TPSA) is 203 Å². The fraction of sp³-hybridized carbons (Fsp3) is 0.739. The summed E-state index contributed by atoms with van der Waals surface area (Å²) in [5, 5.41) is 30.9. The van der Waals surface area contributed by atoms with Crippen LogP contribution in [0.3, 0.4) is 0 Å². The first kappa shape index (κ1) is 31.6. The Morgan fingerprint density at radius 2 is 1.37 bits per heavy atom. The van der Waals surface area contributed by atoms with Crippen LogP contribution in [0.25, 0.3) is 0 Å². The molecule has 15 heteroatoms. The summed E-state index contributed by atoms with van der Waals surface area (Å²) in [5.41, 5.74) is 0. The molecule has 0 aromatic heterocycles. The summed E-state index contributed by atoms with van der Waals surface area (Å²) in [7, 11) is 0. The highest BCUT2D eigenvalue weighted by molar-refractivity contribution is 5.68. The number of aliphatic hydroxyl groups is 3. The second-order valence-electron chi connectivity index (χ2n) is 8.49. The first-order valence-electron chi connectivity index (χ1n) is 11.7. The van der Waals surface area contributed by atoms with E-state index in [2.05, 4.69) is 6.58 Å². The van der Waals surface area contributed by atoms with Gasteiger partial charge in [0.1, 0.15) is 37.1 Å². The molecule has 10 atom stereocenters. The second-order valence-corrected chi connectivity index (χ2v) is 8.49. The lowest BCUT2D eigenvalue weighted by Gasteiger charge is -2.47. The number of aliphatic hydroxyl groups excluding tert-OH is 3. The molecule has 2 aliphatic rings. The molecule has 38 heavy (non-hydrogen) atoms. The molecule has 15 nitrogen and oxygen atoms in total. The first-order chi connectivity index (χ1) is 17.9. The smallest absolute Gasteiger partial charge is 0.303 e. The van der Waals surface area contributed by atoms with Crippen molar-refractivity contribution in [2.24, 2.45) is 0 Å². The largest absolute Gasteiger partial charge is 0.463 e. The molecule has 3 N–H and O–H groups in total. The van der Waals surface area contributed by atoms with E-state index < -0.39 is 98.5 Å². The summed E-state index contributed by atoms with van der Waals surface area (Å²) in [6, 6.07) is 0. The third-order valence-electron chi connectivity index (χ3n) is 5.46. The molecule has 216 valence electrons. The Morgan fingerprint density at radius 1 is 0.789 bits per heavy atom. The van der Waals surface area contributed by atoms with E-state index in [1.807, 2.05) is 0 Å². The van der Waals surface area contributed by atoms with Crippen LogP contribution in [-0.2, 0) is 57.1 Å². The van der Waals surface area contributed by atoms with Crippen molar-refractivity contribution in [1.29, 1.82) is 0 Å². The summed E-state index contributed by atoms with van der Waals surface area (Å²) in [6.07, 6.45) is -13.5. The average molecular weight is 551 g/mol. The number of carbonyl (C=O) groups is 4. The van der Waals surface area contributed by atoms with Gasteiger partial charge in [0, 0.05) is 27.7 Å². The minimum Gasteiger partial charge on any atom is -0.463 e. The maximum atomic E-state index is 12.0. The standard InChI is InChI=1S/C23H34O15/c1-6-7-31-20-18(16(29)14(8-24)36-22(20)30)38-23-21(35-13(5)28)19(34-12(4)27)17(33-11(3)26)15(37-23)9-32-10(2)25/h6,14-24,29-30H,1,7-9H2,2-5H3/t14?,15?,16-,17-,18?,19?,20?,21?,22+,23-/m0/s1. The van der Waals surface area contributed by atoms with Gasteiger partial charge in [-0.3, -0.25) is 19.2 Å². The summed E-state index contributed by atoms with van der Waals surface area (Å²) in [4.78, 5) is 47.3. The molecule has 0 aliphatic carbocycles. The zero-order valence-corrected chi connectivity index (χ0v) is 21.4. The number of ether oxygens (including phenoxy) is 8. The predicted molar refractivity (Wildman–Crippen MR) is 121 cm³/mol. The van der Waals surface area contributed by atoms with Crippen molar-refractivity contribution >= 4 is 23.9 Å². The van der Waals surface area contributed by atoms with Crippen molar-refractivity contribution in [3.05, 3.63) is 12.7 Å². The van der Waals surface area contributed by atoms with Crippen LogP contribution in [0.4, 0.5) is 0 Å². The van der Waals surface area contributed by atoms with Gasteiger partial charge in [-0.1, -0.05) is 6.08 Å². The van der Waals surface area contributed by atoms with Gasteiger partial charge in [-0.25, -0.2) is 0 Å². The normalized spacial score (nSPS) is 35.0. The molecule has 2 aliphatic heterocycles. The maximum Gasteiger partial charge on any atom is 0.303 e. The quantitative estimate of drug-likeness (QED) is 0.146. The van der Waals surface area contributed by atoms with Crippen molar-refractivity contribution < 1.29 is 72.4 Å². The molecule has 0 aromatic carbocycles. The molecular weight excluding hydrogens is 516 g/mol. The Kier molecular flexibility index (Phi) is 12.0. The summed E-state index contributed by atoms with van der Waals surface area (Å²) < 4.78 is 43.5. The van der Waals surface area contributed by atoms with Crippen LogP contribution in [0.1, 0.15) is 27.7 Å². The van der Waals surface area contributed by atoms with Gasteiger partial charge in [-0.2, -0.15) is 0 Å². The van der Waals surface area contributed by atoms with Crippen molar-refractivity contribution in [2.75, 3.05) is 19.8 Å². The average Bonchev–Trinajstić information content (AvgIpc) is 2.82. The van der Waals surface area contributed by atoms with Gasteiger partial charge in [0.25, 0.3) is 0 Å². The van der Waals surface area contributed by atoms with Gasteiger partial charge >= 0.3 is 23.9 Å². The van der Waals surface area contributed by atoms with Crippen molar-refractivity contribution in [1.82, 2.24) is 0 Å². The van der Waals surface area contributed by atoms with Crippen LogP contribution >= 0.6 is 0 Å². The van der Waals surface area contributed by atoms with E-state index in [-0.39, 0.29) is 6.61 Å². The first-order valence-corrected chi connectivity index (χ1v) is 11.7. The number of rotatable bonds is 11. The van der Waals surface area contributed by atoms with E-state index in [9.17, 15) is 34.5 Å². The Hall–Kier alpha value is -2.66. The lowest BCUT2D eigenvalue weighted by atomic mass is 9.96. The SMILES string of the molecule is C=CCOC1C(O[C@@H]2OC(COC(C)=O)[C@H](OC(C)=O)C(OC(C)=O)C2OC(C)=O)[C@@H](O)C(CO)O[C@H]1O. The van der Waals surface area contributed by atoms with Crippen LogP contribution in [0.15, 0.2) is 12.7 Å². The lowest BCUT2D eigenvalue weighted by molar-refractivity contribution is -0.360. The van der Waals surface area contributed by atoms with Crippen LogP contribution in [0.5, 0.6) is 0 Å². The highest BCUT2D eigenvalue weighted by Gasteiger charge is 2.55. The molecule has 0 amide bonds. The summed E-state index contributed by atoms with van der Waals surface area (Å²) in [6.45, 7) is 6.54. The van der Waals surface area contributed by atoms with Gasteiger partial charge in [0.05, 0.1) is 13.2 Å². The van der Waals surface area contributed by atoms with E-state index in [4.69, 9.17) is 37.9 Å². The second kappa shape index (κ2) is 14.5. The van der Waals surface area contributed by atoms with Crippen LogP contribution < -0.4 is 0 Å². The van der Waals surface area contributed by atoms with Gasteiger partial charge < -0.3 is 53.2 Å². The summed E-state index contributed by atoms with van der Waals surface area (Å²) in [5.74, 6) is -3.21. The van der Waals surface area contributed by atoms with E-state index in [1.165, 1.54) is 6.08 Å². The zero-order valence-electron chi connectivity index (χ0n) is 21.4. The predicted octanol–water partition coefficient (Wildman–Crippen LogP) is -1.90. The summed E-state index contributed by atoms with van der Waals surface area (Å²) >= 11 is 0. The van der Waals surface area contributed by atoms with Gasteiger partial charge in [-0.15, -0.1) is 6.58 Å². The molecule has 2 fully saturated rings. The molecule has 2 heterocycles. The molecule has 0 saturated carbocycles. The maximum absolute atomic E-state index is 12.0. The minimum atomic E-state index is -1.67. The molecule has 0 spiro atoms. The highest BCUT2D eigenvalue weighted by atomic mass is 16.8. The van der Waals surface area contributed by atoms with E-state index in [0.717, 1.165) is 27.7 Å². The van der Waals surface area contributed by atoms with E-state index in [0.29, 0.717) is 0 Å². The number of hydrogen-bond acceptors (Lipinski definition) is 15. The number of carbonyl (C=O) groups excluding carboxylic acids is 4. The van der Waals surface area contributed by atoms with Gasteiger partial charge in [0.2, 0.25) is 0 Å². The molecule has 0 radical (unpaired) electrons. The Labute approximate surface area is 218 Å². The Bertz CT molecular complexity index is 847. The minimum absolute atomic E-state index is 0.0972. The molecular formula is C23H34O15. The lowest BCUT2D eigenvalue weighted by Crippen LogP contribution is -2.66. The molecule has 0 aromatic rings. The van der Waals surface area contributed by atoms with Crippen LogP contribution in [0.2, 0.25) is 0 Å². The number of esters is 4. The monoisotopic (exact) mass is 550 g/mol. The van der Waals surface area contributed by atoms with Crippen molar-refractivity contribution in [3.63, 3.8) is 0 Å². The van der Waals surface area contributed by atoms with Gasteiger partial charge in [-0.05, 0) is 0 Å². The van der Waals surface area contributed by atoms with Crippen LogP contribution in [-0.4, -0.2) is 120 Å². The fourth-order valence-electron chi connectivity index (χ4n) is 4.02. The van der Waals surface area contributed by atoms with Crippen LogP contribution in [0, 0.1) is 0 Å². The van der Waals surface area contributed by atoms with Gasteiger partial charge in [0.15, 0.2) is 30.9 Å². The molecule has 0 bridgehead atoms. The molecule has 6 unspecified atom stereocenters. The zero-order chi connectivity index (χ0) is 28.6. The number of hydrogen-bond donors (Lipinski definition) is 3. The molecule has 2 rings (SSSR count). The Morgan fingerprint density at radius 3 is 1.89 bits per heavy atom. The Balaban J connectivity index is 2.52. The fourth-order valence-corrected chi connectivity index (χ4v) is 4.02. The van der Waals surface area contributed by atoms with E-state index in [1.54, 1.807) is 0 Å². The molecule has 2 saturated heterocycles. The third kappa shape index (κ3) is 8.42. The highest BCUT2D eigenvalue weighted by Crippen LogP contribution is 2.33. The van der Waals surface area contributed by atoms with E-state index >= 15 is 0 Å².